The van der Waals surface area contributed by atoms with Gasteiger partial charge < -0.3 is 4.74 Å². The van der Waals surface area contributed by atoms with Crippen molar-refractivity contribution >= 4 is 49.9 Å². The Morgan fingerprint density at radius 3 is 3.04 bits per heavy atom. The van der Waals surface area contributed by atoms with Crippen LogP contribution in [-0.4, -0.2) is 35.2 Å². The molecule has 1 aliphatic heterocycles. The van der Waals surface area contributed by atoms with Gasteiger partial charge in [-0.3, -0.25) is 19.8 Å². The van der Waals surface area contributed by atoms with Crippen molar-refractivity contribution in [3.05, 3.63) is 27.7 Å². The van der Waals surface area contributed by atoms with Crippen molar-refractivity contribution in [2.24, 2.45) is 0 Å². The molecule has 0 saturated heterocycles. The van der Waals surface area contributed by atoms with Gasteiger partial charge in [0.2, 0.25) is 11.0 Å². The maximum absolute atomic E-state index is 12.3. The number of benzene rings is 1. The van der Waals surface area contributed by atoms with Gasteiger partial charge in [0.1, 0.15) is 17.3 Å². The summed E-state index contributed by atoms with van der Waals surface area (Å²) in [6.07, 6.45) is 2.27. The predicted molar refractivity (Wildman–Crippen MR) is 92.5 cm³/mol. The summed E-state index contributed by atoms with van der Waals surface area (Å²) in [5, 5.41) is 12.2. The Morgan fingerprint density at radius 2 is 2.25 bits per heavy atom. The van der Waals surface area contributed by atoms with E-state index in [2.05, 4.69) is 31.4 Å². The fourth-order valence-electron chi connectivity index (χ4n) is 2.43. The summed E-state index contributed by atoms with van der Waals surface area (Å²) in [6, 6.07) is 5.33. The molecule has 2 heterocycles. The van der Waals surface area contributed by atoms with Crippen LogP contribution in [0.1, 0.15) is 23.8 Å². The van der Waals surface area contributed by atoms with Gasteiger partial charge in [-0.1, -0.05) is 27.3 Å². The minimum Gasteiger partial charge on any atom is -0.482 e. The highest BCUT2D eigenvalue weighted by molar-refractivity contribution is 9.10. The predicted octanol–water partition coefficient (Wildman–Crippen LogP) is 2.54. The van der Waals surface area contributed by atoms with Crippen molar-refractivity contribution in [2.45, 2.75) is 18.8 Å². The minimum absolute atomic E-state index is 0.0820. The highest BCUT2D eigenvalue weighted by Gasteiger charge is 2.29. The molecule has 0 bridgehead atoms. The van der Waals surface area contributed by atoms with Gasteiger partial charge in [-0.25, -0.2) is 0 Å². The average molecular weight is 409 g/mol. The maximum atomic E-state index is 12.3. The summed E-state index contributed by atoms with van der Waals surface area (Å²) in [6.45, 7) is -0.170. The molecule has 1 saturated carbocycles. The first kappa shape index (κ1) is 15.5. The summed E-state index contributed by atoms with van der Waals surface area (Å²) in [5.41, 5.74) is 0.584. The molecule has 0 unspecified atom stereocenters. The summed E-state index contributed by atoms with van der Waals surface area (Å²) < 4.78 is 6.26. The molecule has 1 aromatic heterocycles. The average Bonchev–Trinajstić information content (AvgIpc) is 3.30. The van der Waals surface area contributed by atoms with Crippen LogP contribution < -0.4 is 15.0 Å². The van der Waals surface area contributed by atoms with Crippen molar-refractivity contribution < 1.29 is 14.3 Å². The van der Waals surface area contributed by atoms with Gasteiger partial charge in [-0.15, -0.1) is 10.2 Å². The van der Waals surface area contributed by atoms with Gasteiger partial charge in [0.25, 0.3) is 5.91 Å². The fourth-order valence-corrected chi connectivity index (χ4v) is 3.70. The van der Waals surface area contributed by atoms with E-state index in [1.54, 1.807) is 18.2 Å². The molecule has 0 spiro atoms. The minimum atomic E-state index is -0.308. The molecular weight excluding hydrogens is 396 g/mol. The van der Waals surface area contributed by atoms with Gasteiger partial charge in [-0.05, 0) is 31.0 Å². The zero-order valence-corrected chi connectivity index (χ0v) is 14.9. The van der Waals surface area contributed by atoms with E-state index in [0.717, 1.165) is 22.3 Å². The number of nitrogens with one attached hydrogen (secondary N) is 1. The van der Waals surface area contributed by atoms with Gasteiger partial charge in [0, 0.05) is 10.4 Å². The number of carbonyl (C=O) groups is 2. The number of anilines is 2. The molecule has 124 valence electrons. The molecule has 2 aromatic rings. The van der Waals surface area contributed by atoms with Crippen LogP contribution >= 0.6 is 27.3 Å². The number of fused-ring (bicyclic) bond motifs is 1. The molecule has 1 aromatic carbocycles. The molecule has 1 N–H and O–H groups in total. The number of rotatable bonds is 4. The molecule has 24 heavy (non-hydrogen) atoms. The summed E-state index contributed by atoms with van der Waals surface area (Å²) in [4.78, 5) is 25.8. The first-order valence-corrected chi connectivity index (χ1v) is 9.07. The van der Waals surface area contributed by atoms with Crippen LogP contribution in [0, 0.1) is 0 Å². The second kappa shape index (κ2) is 6.14. The van der Waals surface area contributed by atoms with Crippen molar-refractivity contribution in [2.75, 3.05) is 23.4 Å². The Kier molecular flexibility index (Phi) is 3.97. The number of ether oxygens (including phenoxy) is 1. The molecule has 1 fully saturated rings. The summed E-state index contributed by atoms with van der Waals surface area (Å²) >= 11 is 4.76. The summed E-state index contributed by atoms with van der Waals surface area (Å²) in [7, 11) is 0. The smallest absolute Gasteiger partial charge is 0.265 e. The third kappa shape index (κ3) is 3.13. The van der Waals surface area contributed by atoms with E-state index in [0.29, 0.717) is 22.5 Å². The SMILES string of the molecule is O=C(CN1C(=O)COc2cc(Br)ccc21)Nc1nnc(C2CC2)s1. The van der Waals surface area contributed by atoms with Gasteiger partial charge in [0.15, 0.2) is 6.61 Å². The topological polar surface area (TPSA) is 84.4 Å². The molecule has 7 nitrogen and oxygen atoms in total. The molecule has 2 aliphatic rings. The number of nitrogens with zero attached hydrogens (tertiary/aromatic N) is 3. The van der Waals surface area contributed by atoms with Crippen LogP contribution in [0.2, 0.25) is 0 Å². The second-order valence-corrected chi connectivity index (χ2v) is 7.57. The van der Waals surface area contributed by atoms with Crippen molar-refractivity contribution in [1.82, 2.24) is 10.2 Å². The third-order valence-electron chi connectivity index (χ3n) is 3.78. The highest BCUT2D eigenvalue weighted by atomic mass is 79.9. The Labute approximate surface area is 150 Å². The van der Waals surface area contributed by atoms with Gasteiger partial charge in [-0.2, -0.15) is 0 Å². The van der Waals surface area contributed by atoms with Crippen LogP contribution in [0.5, 0.6) is 5.75 Å². The van der Waals surface area contributed by atoms with E-state index in [1.165, 1.54) is 16.2 Å². The zero-order chi connectivity index (χ0) is 16.7. The molecule has 0 radical (unpaired) electrons. The van der Waals surface area contributed by atoms with E-state index in [9.17, 15) is 9.59 Å². The summed E-state index contributed by atoms with van der Waals surface area (Å²) in [5.74, 6) is 0.511. The largest absolute Gasteiger partial charge is 0.482 e. The van der Waals surface area contributed by atoms with E-state index in [-0.39, 0.29) is 25.0 Å². The molecule has 4 rings (SSSR count). The number of aromatic nitrogens is 2. The van der Waals surface area contributed by atoms with E-state index < -0.39 is 0 Å². The molecule has 0 atom stereocenters. The number of hydrogen-bond donors (Lipinski definition) is 1. The first-order valence-electron chi connectivity index (χ1n) is 7.46. The van der Waals surface area contributed by atoms with Gasteiger partial charge in [0.05, 0.1) is 5.69 Å². The Hall–Kier alpha value is -2.00. The molecule has 2 amide bonds. The van der Waals surface area contributed by atoms with E-state index >= 15 is 0 Å². The van der Waals surface area contributed by atoms with Crippen LogP contribution in [0.15, 0.2) is 22.7 Å². The normalized spacial score (nSPS) is 16.5. The lowest BCUT2D eigenvalue weighted by Crippen LogP contribution is -2.43. The maximum Gasteiger partial charge on any atom is 0.265 e. The zero-order valence-electron chi connectivity index (χ0n) is 12.5. The van der Waals surface area contributed by atoms with E-state index in [1.807, 2.05) is 0 Å². The van der Waals surface area contributed by atoms with Crippen molar-refractivity contribution in [3.63, 3.8) is 0 Å². The highest BCUT2D eigenvalue weighted by Crippen LogP contribution is 2.42. The van der Waals surface area contributed by atoms with Crippen LogP contribution in [-0.2, 0) is 9.59 Å². The number of hydrogen-bond acceptors (Lipinski definition) is 6. The van der Waals surface area contributed by atoms with Crippen molar-refractivity contribution in [3.8, 4) is 5.75 Å². The number of amides is 2. The molecule has 9 heteroatoms. The van der Waals surface area contributed by atoms with Crippen LogP contribution in [0.4, 0.5) is 10.8 Å². The van der Waals surface area contributed by atoms with E-state index in [4.69, 9.17) is 4.74 Å². The van der Waals surface area contributed by atoms with Crippen LogP contribution in [0.25, 0.3) is 0 Å². The second-order valence-electron chi connectivity index (χ2n) is 5.65. The van der Waals surface area contributed by atoms with Crippen molar-refractivity contribution in [1.29, 1.82) is 0 Å². The first-order chi connectivity index (χ1) is 11.6. The quantitative estimate of drug-likeness (QED) is 0.839. The Morgan fingerprint density at radius 1 is 1.42 bits per heavy atom. The number of carbonyl (C=O) groups excluding carboxylic acids is 2. The molecule has 1 aliphatic carbocycles. The van der Waals surface area contributed by atoms with Crippen LogP contribution in [0.3, 0.4) is 0 Å². The number of halogens is 1. The Balaban J connectivity index is 1.47. The lowest BCUT2D eigenvalue weighted by atomic mass is 10.2. The lowest BCUT2D eigenvalue weighted by molar-refractivity contribution is -0.123. The fraction of sp³-hybridized carbons (Fsp3) is 0.333. The third-order valence-corrected chi connectivity index (χ3v) is 5.27. The van der Waals surface area contributed by atoms with Gasteiger partial charge >= 0.3 is 0 Å². The standard InChI is InChI=1S/C15H13BrN4O3S/c16-9-3-4-10-11(5-9)23-7-13(22)20(10)6-12(21)17-15-19-18-14(24-15)8-1-2-8/h3-5,8H,1-2,6-7H2,(H,17,19,21). The lowest BCUT2D eigenvalue weighted by Gasteiger charge is -2.28. The Bertz CT molecular complexity index is 821. The monoisotopic (exact) mass is 408 g/mol. The molecular formula is C15H13BrN4O3S.